The second-order valence-corrected chi connectivity index (χ2v) is 6.80. The summed E-state index contributed by atoms with van der Waals surface area (Å²) in [5, 5.41) is 7.26. The van der Waals surface area contributed by atoms with E-state index in [0.29, 0.717) is 23.5 Å². The van der Waals surface area contributed by atoms with Crippen molar-refractivity contribution >= 4 is 23.0 Å². The summed E-state index contributed by atoms with van der Waals surface area (Å²) in [6, 6.07) is 4.50. The number of aryl methyl sites for hydroxylation is 1. The fraction of sp³-hybridized carbons (Fsp3) is 0.500. The average molecular weight is 305 g/mol. The standard InChI is InChI=1S/C18H28N2S/c1-11(2)10-19-18(21)20-17-15(12(3)4)8-14(7)9-16(17)13(5)6/h8-9,12-13H,1,10H2,2-7H3,(H2,19,20,21). The Morgan fingerprint density at radius 2 is 1.62 bits per heavy atom. The largest absolute Gasteiger partial charge is 0.359 e. The van der Waals surface area contributed by atoms with Crippen LogP contribution in [-0.2, 0) is 0 Å². The second-order valence-electron chi connectivity index (χ2n) is 6.39. The van der Waals surface area contributed by atoms with Crippen LogP contribution in [0.3, 0.4) is 0 Å². The maximum atomic E-state index is 5.42. The molecule has 0 unspecified atom stereocenters. The number of benzene rings is 1. The molecule has 0 atom stereocenters. The van der Waals surface area contributed by atoms with Crippen molar-refractivity contribution in [2.75, 3.05) is 11.9 Å². The Hall–Kier alpha value is -1.35. The van der Waals surface area contributed by atoms with E-state index in [9.17, 15) is 0 Å². The molecule has 0 aromatic heterocycles. The first kappa shape index (κ1) is 17.7. The van der Waals surface area contributed by atoms with Crippen molar-refractivity contribution in [3.05, 3.63) is 41.0 Å². The number of thiocarbonyl (C=S) groups is 1. The number of hydrogen-bond acceptors (Lipinski definition) is 1. The SMILES string of the molecule is C=C(C)CNC(=S)Nc1c(C(C)C)cc(C)cc1C(C)C. The molecule has 0 aliphatic carbocycles. The Kier molecular flexibility index (Phi) is 6.41. The highest BCUT2D eigenvalue weighted by atomic mass is 32.1. The van der Waals surface area contributed by atoms with Gasteiger partial charge in [0, 0.05) is 12.2 Å². The minimum absolute atomic E-state index is 0.453. The number of nitrogens with one attached hydrogen (secondary N) is 2. The van der Waals surface area contributed by atoms with Crippen LogP contribution in [0.5, 0.6) is 0 Å². The van der Waals surface area contributed by atoms with Gasteiger partial charge in [-0.2, -0.15) is 0 Å². The molecule has 0 bridgehead atoms. The molecule has 1 aromatic carbocycles. The molecule has 21 heavy (non-hydrogen) atoms. The summed E-state index contributed by atoms with van der Waals surface area (Å²) in [5.41, 5.74) is 6.16. The molecule has 0 aliphatic heterocycles. The molecular formula is C18H28N2S. The zero-order chi connectivity index (χ0) is 16.2. The van der Waals surface area contributed by atoms with Crippen molar-refractivity contribution < 1.29 is 0 Å². The highest BCUT2D eigenvalue weighted by Gasteiger charge is 2.15. The van der Waals surface area contributed by atoms with Crippen molar-refractivity contribution in [1.29, 1.82) is 0 Å². The van der Waals surface area contributed by atoms with Crippen LogP contribution in [0.4, 0.5) is 5.69 Å². The molecule has 0 heterocycles. The maximum Gasteiger partial charge on any atom is 0.171 e. The summed E-state index contributed by atoms with van der Waals surface area (Å²) in [7, 11) is 0. The van der Waals surface area contributed by atoms with Crippen molar-refractivity contribution in [2.45, 2.75) is 53.4 Å². The molecule has 0 aliphatic rings. The van der Waals surface area contributed by atoms with Gasteiger partial charge >= 0.3 is 0 Å². The topological polar surface area (TPSA) is 24.1 Å². The summed E-state index contributed by atoms with van der Waals surface area (Å²) < 4.78 is 0. The molecule has 0 spiro atoms. The Balaban J connectivity index is 3.13. The van der Waals surface area contributed by atoms with Crippen LogP contribution in [0, 0.1) is 6.92 Å². The van der Waals surface area contributed by atoms with E-state index in [4.69, 9.17) is 12.2 Å². The fourth-order valence-electron chi connectivity index (χ4n) is 2.29. The minimum Gasteiger partial charge on any atom is -0.359 e. The van der Waals surface area contributed by atoms with Gasteiger partial charge < -0.3 is 10.6 Å². The molecule has 116 valence electrons. The van der Waals surface area contributed by atoms with E-state index in [1.54, 1.807) is 0 Å². The lowest BCUT2D eigenvalue weighted by atomic mass is 9.90. The average Bonchev–Trinajstić information content (AvgIpc) is 2.37. The summed E-state index contributed by atoms with van der Waals surface area (Å²) in [4.78, 5) is 0. The first-order valence-corrected chi connectivity index (χ1v) is 7.96. The molecule has 3 heteroatoms. The molecule has 1 rings (SSSR count). The van der Waals surface area contributed by atoms with Crippen LogP contribution in [0.1, 0.15) is 63.1 Å². The fourth-order valence-corrected chi connectivity index (χ4v) is 2.46. The van der Waals surface area contributed by atoms with Gasteiger partial charge in [0.1, 0.15) is 0 Å². The first-order valence-electron chi connectivity index (χ1n) is 7.56. The molecule has 0 saturated heterocycles. The van der Waals surface area contributed by atoms with Gasteiger partial charge in [0.2, 0.25) is 0 Å². The van der Waals surface area contributed by atoms with Crippen LogP contribution in [0.2, 0.25) is 0 Å². The normalized spacial score (nSPS) is 10.9. The Bertz CT molecular complexity index is 501. The molecule has 0 saturated carbocycles. The number of hydrogen-bond donors (Lipinski definition) is 2. The van der Waals surface area contributed by atoms with Gasteiger partial charge in [-0.05, 0) is 49.0 Å². The molecular weight excluding hydrogens is 276 g/mol. The lowest BCUT2D eigenvalue weighted by Gasteiger charge is -2.22. The van der Waals surface area contributed by atoms with Gasteiger partial charge in [0.25, 0.3) is 0 Å². The van der Waals surface area contributed by atoms with Gasteiger partial charge in [0.05, 0.1) is 0 Å². The van der Waals surface area contributed by atoms with E-state index < -0.39 is 0 Å². The van der Waals surface area contributed by atoms with E-state index in [0.717, 1.165) is 11.3 Å². The summed E-state index contributed by atoms with van der Waals surface area (Å²) >= 11 is 5.42. The monoisotopic (exact) mass is 304 g/mol. The van der Waals surface area contributed by atoms with E-state index in [1.807, 2.05) is 6.92 Å². The maximum absolute atomic E-state index is 5.42. The van der Waals surface area contributed by atoms with Crippen LogP contribution in [-0.4, -0.2) is 11.7 Å². The van der Waals surface area contributed by atoms with E-state index in [1.165, 1.54) is 16.7 Å². The Labute approximate surface area is 135 Å². The summed E-state index contributed by atoms with van der Waals surface area (Å²) in [5.74, 6) is 0.905. The summed E-state index contributed by atoms with van der Waals surface area (Å²) in [6.45, 7) is 17.6. The zero-order valence-electron chi connectivity index (χ0n) is 14.1. The van der Waals surface area contributed by atoms with Gasteiger partial charge in [-0.3, -0.25) is 0 Å². The third kappa shape index (κ3) is 5.16. The lowest BCUT2D eigenvalue weighted by Crippen LogP contribution is -2.30. The van der Waals surface area contributed by atoms with E-state index >= 15 is 0 Å². The molecule has 2 N–H and O–H groups in total. The van der Waals surface area contributed by atoms with Gasteiger partial charge in [-0.25, -0.2) is 0 Å². The van der Waals surface area contributed by atoms with Crippen molar-refractivity contribution in [1.82, 2.24) is 5.32 Å². The zero-order valence-corrected chi connectivity index (χ0v) is 14.9. The highest BCUT2D eigenvalue weighted by Crippen LogP contribution is 2.33. The van der Waals surface area contributed by atoms with Gasteiger partial charge in [0.15, 0.2) is 5.11 Å². The van der Waals surface area contributed by atoms with Gasteiger partial charge in [-0.1, -0.05) is 57.5 Å². The minimum atomic E-state index is 0.453. The van der Waals surface area contributed by atoms with Gasteiger partial charge in [-0.15, -0.1) is 0 Å². The predicted molar refractivity (Wildman–Crippen MR) is 98.4 cm³/mol. The molecule has 2 nitrogen and oxygen atoms in total. The second kappa shape index (κ2) is 7.60. The molecule has 1 aromatic rings. The third-order valence-corrected chi connectivity index (χ3v) is 3.62. The number of anilines is 1. The smallest absolute Gasteiger partial charge is 0.171 e. The van der Waals surface area contributed by atoms with E-state index in [2.05, 4.69) is 64.0 Å². The quantitative estimate of drug-likeness (QED) is 0.584. The van der Waals surface area contributed by atoms with E-state index in [-0.39, 0.29) is 0 Å². The molecule has 0 fully saturated rings. The first-order chi connectivity index (χ1) is 9.72. The molecule has 0 amide bonds. The van der Waals surface area contributed by atoms with Crippen molar-refractivity contribution in [3.8, 4) is 0 Å². The van der Waals surface area contributed by atoms with Crippen LogP contribution < -0.4 is 10.6 Å². The lowest BCUT2D eigenvalue weighted by molar-refractivity contribution is 0.835. The Morgan fingerprint density at radius 1 is 1.14 bits per heavy atom. The molecule has 0 radical (unpaired) electrons. The predicted octanol–water partition coefficient (Wildman–Crippen LogP) is 5.10. The van der Waals surface area contributed by atoms with Crippen LogP contribution >= 0.6 is 12.2 Å². The highest BCUT2D eigenvalue weighted by molar-refractivity contribution is 7.80. The third-order valence-electron chi connectivity index (χ3n) is 3.38. The number of rotatable bonds is 5. The summed E-state index contributed by atoms with van der Waals surface area (Å²) in [6.07, 6.45) is 0. The Morgan fingerprint density at radius 3 is 2.00 bits per heavy atom. The van der Waals surface area contributed by atoms with Crippen LogP contribution in [0.25, 0.3) is 0 Å². The van der Waals surface area contributed by atoms with Crippen LogP contribution in [0.15, 0.2) is 24.3 Å². The van der Waals surface area contributed by atoms with Crippen molar-refractivity contribution in [3.63, 3.8) is 0 Å². The van der Waals surface area contributed by atoms with Crippen molar-refractivity contribution in [2.24, 2.45) is 0 Å².